The van der Waals surface area contributed by atoms with Crippen molar-refractivity contribution in [1.29, 1.82) is 0 Å². The van der Waals surface area contributed by atoms with Crippen LogP contribution in [0.15, 0.2) is 0 Å². The standard InChI is InChI=1S/C13H28N2S/c1-4-16-11-7-10-14-12-13(15(2)3)8-5-6-9-13/h14H,4-12H2,1-3H3. The molecule has 1 rings (SSSR count). The van der Waals surface area contributed by atoms with Gasteiger partial charge in [-0.25, -0.2) is 0 Å². The minimum atomic E-state index is 0.456. The molecule has 1 saturated carbocycles. The average Bonchev–Trinajstić information content (AvgIpc) is 2.73. The molecule has 16 heavy (non-hydrogen) atoms. The number of hydrogen-bond donors (Lipinski definition) is 1. The SMILES string of the molecule is CCSCCCNCC1(N(C)C)CCCC1. The highest BCUT2D eigenvalue weighted by Gasteiger charge is 2.35. The van der Waals surface area contributed by atoms with Crippen molar-refractivity contribution in [1.82, 2.24) is 10.2 Å². The summed E-state index contributed by atoms with van der Waals surface area (Å²) in [7, 11) is 4.47. The van der Waals surface area contributed by atoms with Crippen LogP contribution in [0.3, 0.4) is 0 Å². The molecule has 1 fully saturated rings. The molecule has 1 aliphatic rings. The molecule has 0 saturated heterocycles. The molecule has 1 N–H and O–H groups in total. The van der Waals surface area contributed by atoms with Crippen LogP contribution in [0.1, 0.15) is 39.0 Å². The summed E-state index contributed by atoms with van der Waals surface area (Å²) in [6.07, 6.45) is 6.87. The van der Waals surface area contributed by atoms with Gasteiger partial charge in [-0.2, -0.15) is 11.8 Å². The molecule has 0 aromatic heterocycles. The number of hydrogen-bond acceptors (Lipinski definition) is 3. The predicted molar refractivity (Wildman–Crippen MR) is 75.4 cm³/mol. The Labute approximate surface area is 106 Å². The summed E-state index contributed by atoms with van der Waals surface area (Å²) < 4.78 is 0. The van der Waals surface area contributed by atoms with Gasteiger partial charge in [0.25, 0.3) is 0 Å². The molecule has 0 heterocycles. The van der Waals surface area contributed by atoms with Crippen LogP contribution in [0.2, 0.25) is 0 Å². The van der Waals surface area contributed by atoms with Crippen molar-refractivity contribution >= 4 is 11.8 Å². The second kappa shape index (κ2) is 7.57. The lowest BCUT2D eigenvalue weighted by atomic mass is 9.96. The van der Waals surface area contributed by atoms with Gasteiger partial charge in [0.05, 0.1) is 0 Å². The van der Waals surface area contributed by atoms with E-state index in [1.807, 2.05) is 11.8 Å². The molecule has 0 unspecified atom stereocenters. The van der Waals surface area contributed by atoms with E-state index in [1.54, 1.807) is 0 Å². The maximum Gasteiger partial charge on any atom is 0.0327 e. The first-order valence-corrected chi connectivity index (χ1v) is 7.82. The highest BCUT2D eigenvalue weighted by Crippen LogP contribution is 2.32. The zero-order chi connectivity index (χ0) is 11.9. The molecule has 0 atom stereocenters. The van der Waals surface area contributed by atoms with E-state index in [2.05, 4.69) is 31.2 Å². The van der Waals surface area contributed by atoms with Crippen LogP contribution in [0.4, 0.5) is 0 Å². The summed E-state index contributed by atoms with van der Waals surface area (Å²) in [5, 5.41) is 3.65. The summed E-state index contributed by atoms with van der Waals surface area (Å²) in [5.74, 6) is 2.56. The zero-order valence-corrected chi connectivity index (χ0v) is 12.0. The second-order valence-corrected chi connectivity index (χ2v) is 6.45. The maximum absolute atomic E-state index is 3.65. The molecule has 2 nitrogen and oxygen atoms in total. The van der Waals surface area contributed by atoms with Crippen molar-refractivity contribution in [2.45, 2.75) is 44.6 Å². The van der Waals surface area contributed by atoms with Crippen molar-refractivity contribution in [3.05, 3.63) is 0 Å². The molecule has 0 aromatic carbocycles. The largest absolute Gasteiger partial charge is 0.315 e. The predicted octanol–water partition coefficient (Wildman–Crippen LogP) is 2.59. The summed E-state index contributed by atoms with van der Waals surface area (Å²) in [6, 6.07) is 0. The Morgan fingerprint density at radius 2 is 1.94 bits per heavy atom. The van der Waals surface area contributed by atoms with Crippen LogP contribution in [0.5, 0.6) is 0 Å². The van der Waals surface area contributed by atoms with Gasteiger partial charge in [-0.15, -0.1) is 0 Å². The zero-order valence-electron chi connectivity index (χ0n) is 11.2. The van der Waals surface area contributed by atoms with Gasteiger partial charge in [-0.05, 0) is 51.4 Å². The molecule has 0 radical (unpaired) electrons. The van der Waals surface area contributed by atoms with Gasteiger partial charge in [0.1, 0.15) is 0 Å². The van der Waals surface area contributed by atoms with E-state index in [0.29, 0.717) is 5.54 Å². The summed E-state index contributed by atoms with van der Waals surface area (Å²) in [5.41, 5.74) is 0.456. The lowest BCUT2D eigenvalue weighted by Gasteiger charge is -2.36. The Bertz CT molecular complexity index is 177. The van der Waals surface area contributed by atoms with Gasteiger partial charge in [-0.3, -0.25) is 0 Å². The van der Waals surface area contributed by atoms with Gasteiger partial charge in [0, 0.05) is 12.1 Å². The van der Waals surface area contributed by atoms with Crippen LogP contribution in [-0.2, 0) is 0 Å². The first kappa shape index (κ1) is 14.3. The van der Waals surface area contributed by atoms with Crippen LogP contribution in [0.25, 0.3) is 0 Å². The molecular formula is C13H28N2S. The Hall–Kier alpha value is 0.270. The fourth-order valence-electron chi connectivity index (χ4n) is 2.58. The minimum absolute atomic E-state index is 0.456. The van der Waals surface area contributed by atoms with Crippen molar-refractivity contribution in [3.63, 3.8) is 0 Å². The third-order valence-corrected chi connectivity index (χ3v) is 4.77. The Balaban J connectivity index is 2.14. The summed E-state index contributed by atoms with van der Waals surface area (Å²) in [4.78, 5) is 2.44. The first-order chi connectivity index (χ1) is 7.71. The molecule has 3 heteroatoms. The third-order valence-electron chi connectivity index (χ3n) is 3.78. The van der Waals surface area contributed by atoms with Gasteiger partial charge in [-0.1, -0.05) is 19.8 Å². The van der Waals surface area contributed by atoms with E-state index in [-0.39, 0.29) is 0 Å². The van der Waals surface area contributed by atoms with Crippen LogP contribution in [-0.4, -0.2) is 49.1 Å². The Morgan fingerprint density at radius 1 is 1.25 bits per heavy atom. The number of nitrogens with zero attached hydrogens (tertiary/aromatic N) is 1. The van der Waals surface area contributed by atoms with E-state index < -0.39 is 0 Å². The van der Waals surface area contributed by atoms with E-state index in [9.17, 15) is 0 Å². The molecule has 0 aliphatic heterocycles. The molecule has 1 aliphatic carbocycles. The van der Waals surface area contributed by atoms with E-state index in [4.69, 9.17) is 0 Å². The second-order valence-electron chi connectivity index (χ2n) is 5.05. The van der Waals surface area contributed by atoms with Crippen LogP contribution >= 0.6 is 11.8 Å². The quantitative estimate of drug-likeness (QED) is 0.661. The van der Waals surface area contributed by atoms with E-state index >= 15 is 0 Å². The molecule has 0 bridgehead atoms. The topological polar surface area (TPSA) is 15.3 Å². The monoisotopic (exact) mass is 244 g/mol. The lowest BCUT2D eigenvalue weighted by molar-refractivity contribution is 0.154. The van der Waals surface area contributed by atoms with Crippen LogP contribution in [0, 0.1) is 0 Å². The fraction of sp³-hybridized carbons (Fsp3) is 1.00. The fourth-order valence-corrected chi connectivity index (χ4v) is 3.22. The van der Waals surface area contributed by atoms with Crippen molar-refractivity contribution in [3.8, 4) is 0 Å². The highest BCUT2D eigenvalue weighted by molar-refractivity contribution is 7.99. The average molecular weight is 244 g/mol. The van der Waals surface area contributed by atoms with E-state index in [0.717, 1.165) is 0 Å². The summed E-state index contributed by atoms with van der Waals surface area (Å²) >= 11 is 2.05. The number of thioether (sulfide) groups is 1. The molecule has 0 spiro atoms. The van der Waals surface area contributed by atoms with Crippen molar-refractivity contribution in [2.75, 3.05) is 38.7 Å². The number of rotatable bonds is 8. The highest BCUT2D eigenvalue weighted by atomic mass is 32.2. The summed E-state index contributed by atoms with van der Waals surface area (Å²) in [6.45, 7) is 4.59. The minimum Gasteiger partial charge on any atom is -0.315 e. The smallest absolute Gasteiger partial charge is 0.0327 e. The van der Waals surface area contributed by atoms with Gasteiger partial charge in [0.15, 0.2) is 0 Å². The van der Waals surface area contributed by atoms with Gasteiger partial charge in [0.2, 0.25) is 0 Å². The number of nitrogens with one attached hydrogen (secondary N) is 1. The van der Waals surface area contributed by atoms with Gasteiger partial charge < -0.3 is 10.2 Å². The van der Waals surface area contributed by atoms with E-state index in [1.165, 1.54) is 56.7 Å². The third kappa shape index (κ3) is 4.27. The molecule has 0 aromatic rings. The molecule has 0 amide bonds. The van der Waals surface area contributed by atoms with Crippen molar-refractivity contribution in [2.24, 2.45) is 0 Å². The van der Waals surface area contributed by atoms with Crippen molar-refractivity contribution < 1.29 is 0 Å². The lowest BCUT2D eigenvalue weighted by Crippen LogP contribution is -2.49. The normalized spacial score (nSPS) is 19.5. The van der Waals surface area contributed by atoms with Crippen LogP contribution < -0.4 is 5.32 Å². The molecule has 96 valence electrons. The maximum atomic E-state index is 3.65. The van der Waals surface area contributed by atoms with Gasteiger partial charge >= 0.3 is 0 Å². The Kier molecular flexibility index (Phi) is 6.78. The first-order valence-electron chi connectivity index (χ1n) is 6.67. The Morgan fingerprint density at radius 3 is 2.50 bits per heavy atom. The number of likely N-dealkylation sites (N-methyl/N-ethyl adjacent to an activating group) is 1. The molecular weight excluding hydrogens is 216 g/mol.